The Balaban J connectivity index is 1.37. The summed E-state index contributed by atoms with van der Waals surface area (Å²) in [6, 6.07) is 14.6. The molecule has 7 heteroatoms. The number of benzene rings is 2. The van der Waals surface area contributed by atoms with Crippen molar-refractivity contribution in [1.82, 2.24) is 19.8 Å². The molecule has 0 fully saturated rings. The number of aryl methyl sites for hydroxylation is 2. The fraction of sp³-hybridized carbons (Fsp3) is 0.333. The standard InChI is InChI=1S/C24H27FN4O2/c1-18-26-12-15-29(18)13-10-24(30)27-11-14-28-16-19-6-2-5-9-22(19)31-23(17-28)20-7-3-4-8-21(20)25/h2-9,12,15,23H,10-11,13-14,16-17H2,1H3,(H,27,30). The van der Waals surface area contributed by atoms with Crippen molar-refractivity contribution in [2.45, 2.75) is 32.5 Å². The molecule has 1 N–H and O–H groups in total. The molecule has 0 aliphatic carbocycles. The normalized spacial score (nSPS) is 16.3. The number of fused-ring (bicyclic) bond motifs is 1. The third-order valence-electron chi connectivity index (χ3n) is 5.57. The molecule has 1 unspecified atom stereocenters. The van der Waals surface area contributed by atoms with Crippen LogP contribution in [0.5, 0.6) is 5.75 Å². The molecule has 2 heterocycles. The van der Waals surface area contributed by atoms with E-state index in [1.54, 1.807) is 18.3 Å². The molecule has 4 rings (SSSR count). The van der Waals surface area contributed by atoms with Gasteiger partial charge < -0.3 is 14.6 Å². The summed E-state index contributed by atoms with van der Waals surface area (Å²) >= 11 is 0. The Bertz CT molecular complexity index is 1040. The van der Waals surface area contributed by atoms with Gasteiger partial charge in [-0.15, -0.1) is 0 Å². The van der Waals surface area contributed by atoms with Crippen LogP contribution in [-0.2, 0) is 17.9 Å². The molecule has 1 aromatic heterocycles. The van der Waals surface area contributed by atoms with Crippen LogP contribution in [0.1, 0.15) is 29.5 Å². The van der Waals surface area contributed by atoms with Crippen LogP contribution in [0, 0.1) is 12.7 Å². The molecule has 1 atom stereocenters. The lowest BCUT2D eigenvalue weighted by molar-refractivity contribution is -0.121. The molecular formula is C24H27FN4O2. The number of nitrogens with one attached hydrogen (secondary N) is 1. The molecule has 31 heavy (non-hydrogen) atoms. The van der Waals surface area contributed by atoms with Crippen molar-refractivity contribution in [3.8, 4) is 5.75 Å². The third kappa shape index (κ3) is 5.30. The van der Waals surface area contributed by atoms with Gasteiger partial charge in [0.1, 0.15) is 23.5 Å². The summed E-state index contributed by atoms with van der Waals surface area (Å²) in [5, 5.41) is 2.99. The van der Waals surface area contributed by atoms with Gasteiger partial charge in [-0.25, -0.2) is 9.37 Å². The Labute approximate surface area is 181 Å². The molecule has 0 bridgehead atoms. The van der Waals surface area contributed by atoms with Gasteiger partial charge in [0.2, 0.25) is 5.91 Å². The second-order valence-electron chi connectivity index (χ2n) is 7.74. The van der Waals surface area contributed by atoms with Gasteiger partial charge in [-0.1, -0.05) is 36.4 Å². The summed E-state index contributed by atoms with van der Waals surface area (Å²) in [4.78, 5) is 18.6. The zero-order valence-electron chi connectivity index (χ0n) is 17.6. The minimum absolute atomic E-state index is 0.00484. The Hall–Kier alpha value is -3.19. The fourth-order valence-corrected chi connectivity index (χ4v) is 3.85. The van der Waals surface area contributed by atoms with Gasteiger partial charge in [0.15, 0.2) is 0 Å². The summed E-state index contributed by atoms with van der Waals surface area (Å²) in [6.45, 7) is 4.93. The number of halogens is 1. The lowest BCUT2D eigenvalue weighted by Crippen LogP contribution is -2.36. The number of para-hydroxylation sites is 1. The first-order valence-electron chi connectivity index (χ1n) is 10.6. The Morgan fingerprint density at radius 1 is 1.19 bits per heavy atom. The number of ether oxygens (including phenoxy) is 1. The van der Waals surface area contributed by atoms with Crippen LogP contribution in [-0.4, -0.2) is 40.0 Å². The number of hydrogen-bond donors (Lipinski definition) is 1. The third-order valence-corrected chi connectivity index (χ3v) is 5.57. The summed E-state index contributed by atoms with van der Waals surface area (Å²) in [7, 11) is 0. The SMILES string of the molecule is Cc1nccn1CCC(=O)NCCN1Cc2ccccc2OC(c2ccccc2F)C1. The van der Waals surface area contributed by atoms with E-state index in [0.717, 1.165) is 17.1 Å². The summed E-state index contributed by atoms with van der Waals surface area (Å²) in [6.07, 6.45) is 3.60. The first-order chi connectivity index (χ1) is 15.1. The number of rotatable bonds is 7. The minimum atomic E-state index is -0.412. The Kier molecular flexibility index (Phi) is 6.62. The van der Waals surface area contributed by atoms with Crippen molar-refractivity contribution in [2.75, 3.05) is 19.6 Å². The Morgan fingerprint density at radius 3 is 2.81 bits per heavy atom. The second kappa shape index (κ2) is 9.75. The molecule has 1 amide bonds. The molecule has 3 aromatic rings. The predicted molar refractivity (Wildman–Crippen MR) is 116 cm³/mol. The number of imidazole rings is 1. The lowest BCUT2D eigenvalue weighted by Gasteiger charge is -2.24. The minimum Gasteiger partial charge on any atom is -0.484 e. The van der Waals surface area contributed by atoms with Crippen LogP contribution < -0.4 is 10.1 Å². The summed E-state index contributed by atoms with van der Waals surface area (Å²) in [5.41, 5.74) is 1.60. The van der Waals surface area contributed by atoms with Crippen molar-refractivity contribution in [1.29, 1.82) is 0 Å². The van der Waals surface area contributed by atoms with Crippen LogP contribution in [0.2, 0.25) is 0 Å². The largest absolute Gasteiger partial charge is 0.484 e. The zero-order valence-corrected chi connectivity index (χ0v) is 17.6. The number of amides is 1. The van der Waals surface area contributed by atoms with Gasteiger partial charge in [0, 0.05) is 62.7 Å². The van der Waals surface area contributed by atoms with Gasteiger partial charge in [-0.3, -0.25) is 9.69 Å². The maximum absolute atomic E-state index is 14.4. The lowest BCUT2D eigenvalue weighted by atomic mass is 10.1. The van der Waals surface area contributed by atoms with Crippen LogP contribution in [0.15, 0.2) is 60.9 Å². The van der Waals surface area contributed by atoms with Crippen LogP contribution in [0.3, 0.4) is 0 Å². The number of carbonyl (C=O) groups is 1. The molecule has 0 saturated carbocycles. The van der Waals surface area contributed by atoms with Crippen molar-refractivity contribution >= 4 is 5.91 Å². The van der Waals surface area contributed by atoms with E-state index in [4.69, 9.17) is 4.74 Å². The zero-order chi connectivity index (χ0) is 21.6. The predicted octanol–water partition coefficient (Wildman–Crippen LogP) is 3.47. The monoisotopic (exact) mass is 422 g/mol. The summed E-state index contributed by atoms with van der Waals surface area (Å²) < 4.78 is 22.6. The highest BCUT2D eigenvalue weighted by Gasteiger charge is 2.26. The maximum atomic E-state index is 14.4. The molecule has 2 aromatic carbocycles. The average Bonchev–Trinajstić information content (AvgIpc) is 3.08. The molecular weight excluding hydrogens is 395 g/mol. The molecule has 1 aliphatic heterocycles. The van der Waals surface area contributed by atoms with E-state index in [1.807, 2.05) is 48.0 Å². The van der Waals surface area contributed by atoms with E-state index >= 15 is 0 Å². The molecule has 1 aliphatic rings. The fourth-order valence-electron chi connectivity index (χ4n) is 3.85. The van der Waals surface area contributed by atoms with E-state index in [2.05, 4.69) is 15.2 Å². The van der Waals surface area contributed by atoms with Crippen LogP contribution in [0.25, 0.3) is 0 Å². The van der Waals surface area contributed by atoms with Crippen molar-refractivity contribution < 1.29 is 13.9 Å². The molecule has 6 nitrogen and oxygen atoms in total. The van der Waals surface area contributed by atoms with Crippen LogP contribution >= 0.6 is 0 Å². The number of carbonyl (C=O) groups excluding carboxylic acids is 1. The number of aromatic nitrogens is 2. The van der Waals surface area contributed by atoms with E-state index < -0.39 is 6.10 Å². The highest BCUT2D eigenvalue weighted by atomic mass is 19.1. The first-order valence-corrected chi connectivity index (χ1v) is 10.6. The van der Waals surface area contributed by atoms with E-state index in [9.17, 15) is 9.18 Å². The van der Waals surface area contributed by atoms with Gasteiger partial charge in [-0.05, 0) is 19.1 Å². The van der Waals surface area contributed by atoms with E-state index in [1.165, 1.54) is 6.07 Å². The number of nitrogens with zero attached hydrogens (tertiary/aromatic N) is 3. The maximum Gasteiger partial charge on any atom is 0.221 e. The molecule has 0 radical (unpaired) electrons. The Morgan fingerprint density at radius 2 is 2.00 bits per heavy atom. The molecule has 0 spiro atoms. The van der Waals surface area contributed by atoms with Gasteiger partial charge in [-0.2, -0.15) is 0 Å². The van der Waals surface area contributed by atoms with Gasteiger partial charge in [0.25, 0.3) is 0 Å². The highest BCUT2D eigenvalue weighted by molar-refractivity contribution is 5.75. The quantitative estimate of drug-likeness (QED) is 0.633. The first kappa shape index (κ1) is 21.1. The highest BCUT2D eigenvalue weighted by Crippen LogP contribution is 2.31. The molecule has 162 valence electrons. The second-order valence-corrected chi connectivity index (χ2v) is 7.74. The molecule has 0 saturated heterocycles. The van der Waals surface area contributed by atoms with Crippen molar-refractivity contribution in [3.63, 3.8) is 0 Å². The van der Waals surface area contributed by atoms with Crippen molar-refractivity contribution in [2.24, 2.45) is 0 Å². The van der Waals surface area contributed by atoms with Crippen LogP contribution in [0.4, 0.5) is 4.39 Å². The topological polar surface area (TPSA) is 59.4 Å². The number of hydrogen-bond acceptors (Lipinski definition) is 4. The van der Waals surface area contributed by atoms with Gasteiger partial charge in [0.05, 0.1) is 0 Å². The van der Waals surface area contributed by atoms with E-state index in [-0.39, 0.29) is 11.7 Å². The van der Waals surface area contributed by atoms with Gasteiger partial charge >= 0.3 is 0 Å². The van der Waals surface area contributed by atoms with E-state index in [0.29, 0.717) is 44.7 Å². The average molecular weight is 423 g/mol. The summed E-state index contributed by atoms with van der Waals surface area (Å²) in [5.74, 6) is 1.41. The smallest absolute Gasteiger partial charge is 0.221 e. The van der Waals surface area contributed by atoms with Crippen molar-refractivity contribution in [3.05, 3.63) is 83.7 Å².